The number of aromatic nitrogens is 3. The number of pyridine rings is 1. The van der Waals surface area contributed by atoms with Gasteiger partial charge in [-0.2, -0.15) is 5.10 Å². The summed E-state index contributed by atoms with van der Waals surface area (Å²) in [5.41, 5.74) is 4.01. The highest BCUT2D eigenvalue weighted by atomic mass is 16.5. The van der Waals surface area contributed by atoms with E-state index in [0.717, 1.165) is 43.0 Å². The Labute approximate surface area is 135 Å². The molecule has 0 saturated carbocycles. The monoisotopic (exact) mass is 314 g/mol. The van der Waals surface area contributed by atoms with Gasteiger partial charge in [0.2, 0.25) is 5.91 Å². The summed E-state index contributed by atoms with van der Waals surface area (Å²) in [4.78, 5) is 18.3. The summed E-state index contributed by atoms with van der Waals surface area (Å²) in [6, 6.07) is 6.07. The van der Waals surface area contributed by atoms with Crippen LogP contribution in [-0.4, -0.2) is 52.8 Å². The molecule has 6 nitrogen and oxygen atoms in total. The number of likely N-dealkylation sites (tertiary alicyclic amines) is 1. The van der Waals surface area contributed by atoms with E-state index in [1.807, 2.05) is 24.0 Å². The standard InChI is InChI=1S/C17H22N4O2/c1-12-8-15(20-19-12)17-14(4-3-6-18-17)9-13-5-7-21(10-13)16(22)11-23-2/h3-4,6,8,13H,5,7,9-11H2,1-2H3,(H,19,20). The van der Waals surface area contributed by atoms with Gasteiger partial charge in [0, 0.05) is 32.1 Å². The normalized spacial score (nSPS) is 17.7. The van der Waals surface area contributed by atoms with Crippen molar-refractivity contribution in [1.29, 1.82) is 0 Å². The van der Waals surface area contributed by atoms with Gasteiger partial charge in [-0.1, -0.05) is 6.07 Å². The van der Waals surface area contributed by atoms with Gasteiger partial charge >= 0.3 is 0 Å². The van der Waals surface area contributed by atoms with Gasteiger partial charge in [-0.15, -0.1) is 0 Å². The quantitative estimate of drug-likeness (QED) is 0.914. The third-order valence-electron chi connectivity index (χ3n) is 4.25. The molecule has 0 spiro atoms. The molecule has 3 rings (SSSR count). The largest absolute Gasteiger partial charge is 0.375 e. The zero-order valence-electron chi connectivity index (χ0n) is 13.6. The van der Waals surface area contributed by atoms with Crippen LogP contribution in [0.1, 0.15) is 17.7 Å². The summed E-state index contributed by atoms with van der Waals surface area (Å²) in [6.45, 7) is 3.74. The first-order chi connectivity index (χ1) is 11.2. The van der Waals surface area contributed by atoms with Gasteiger partial charge in [0.05, 0.1) is 5.69 Å². The van der Waals surface area contributed by atoms with Crippen LogP contribution in [0.15, 0.2) is 24.4 Å². The number of aryl methyl sites for hydroxylation is 1. The maximum atomic E-state index is 11.9. The Morgan fingerprint density at radius 1 is 1.52 bits per heavy atom. The molecule has 0 aliphatic carbocycles. The minimum Gasteiger partial charge on any atom is -0.375 e. The number of hydrogen-bond donors (Lipinski definition) is 1. The van der Waals surface area contributed by atoms with E-state index in [1.165, 1.54) is 5.56 Å². The highest BCUT2D eigenvalue weighted by Gasteiger charge is 2.27. The van der Waals surface area contributed by atoms with Crippen LogP contribution >= 0.6 is 0 Å². The predicted octanol–water partition coefficient (Wildman–Crippen LogP) is 1.82. The summed E-state index contributed by atoms with van der Waals surface area (Å²) in [5.74, 6) is 0.531. The third-order valence-corrected chi connectivity index (χ3v) is 4.25. The van der Waals surface area contributed by atoms with Gasteiger partial charge in [0.1, 0.15) is 12.3 Å². The SMILES string of the molecule is COCC(=O)N1CCC(Cc2cccnc2-c2cc(C)[nH]n2)C1. The number of carbonyl (C=O) groups is 1. The first kappa shape index (κ1) is 15.7. The molecule has 6 heteroatoms. The molecular formula is C17H22N4O2. The van der Waals surface area contributed by atoms with E-state index in [1.54, 1.807) is 13.3 Å². The van der Waals surface area contributed by atoms with E-state index >= 15 is 0 Å². The van der Waals surface area contributed by atoms with Gasteiger partial charge < -0.3 is 9.64 Å². The molecule has 2 aromatic rings. The second-order valence-corrected chi connectivity index (χ2v) is 6.08. The third kappa shape index (κ3) is 3.59. The van der Waals surface area contributed by atoms with Crippen molar-refractivity contribution in [3.05, 3.63) is 35.7 Å². The Kier molecular flexibility index (Phi) is 4.71. The van der Waals surface area contributed by atoms with Crippen LogP contribution in [0.25, 0.3) is 11.4 Å². The number of hydrogen-bond acceptors (Lipinski definition) is 4. The van der Waals surface area contributed by atoms with Crippen molar-refractivity contribution in [1.82, 2.24) is 20.1 Å². The smallest absolute Gasteiger partial charge is 0.248 e. The fourth-order valence-corrected chi connectivity index (χ4v) is 3.12. The summed E-state index contributed by atoms with van der Waals surface area (Å²) in [6.07, 6.45) is 3.72. The van der Waals surface area contributed by atoms with Crippen LogP contribution in [-0.2, 0) is 16.0 Å². The lowest BCUT2D eigenvalue weighted by molar-refractivity contribution is -0.134. The van der Waals surface area contributed by atoms with Gasteiger partial charge in [0.25, 0.3) is 0 Å². The van der Waals surface area contributed by atoms with E-state index in [2.05, 4.69) is 21.2 Å². The summed E-state index contributed by atoms with van der Waals surface area (Å²) in [7, 11) is 1.55. The van der Waals surface area contributed by atoms with Crippen molar-refractivity contribution >= 4 is 5.91 Å². The summed E-state index contributed by atoms with van der Waals surface area (Å²) < 4.78 is 4.94. The maximum Gasteiger partial charge on any atom is 0.248 e. The number of nitrogens with zero attached hydrogens (tertiary/aromatic N) is 3. The highest BCUT2D eigenvalue weighted by Crippen LogP contribution is 2.26. The van der Waals surface area contributed by atoms with Crippen LogP contribution in [0.4, 0.5) is 0 Å². The van der Waals surface area contributed by atoms with Crippen LogP contribution in [0.3, 0.4) is 0 Å². The Bertz CT molecular complexity index is 683. The van der Waals surface area contributed by atoms with Crippen molar-refractivity contribution in [3.63, 3.8) is 0 Å². The first-order valence-corrected chi connectivity index (χ1v) is 7.90. The number of amides is 1. The molecule has 23 heavy (non-hydrogen) atoms. The number of carbonyl (C=O) groups excluding carboxylic acids is 1. The molecule has 1 N–H and O–H groups in total. The molecule has 1 unspecified atom stereocenters. The first-order valence-electron chi connectivity index (χ1n) is 7.90. The molecular weight excluding hydrogens is 292 g/mol. The molecule has 122 valence electrons. The number of H-pyrrole nitrogens is 1. The van der Waals surface area contributed by atoms with Crippen molar-refractivity contribution in [2.24, 2.45) is 5.92 Å². The minimum absolute atomic E-state index is 0.0735. The molecule has 1 fully saturated rings. The van der Waals surface area contributed by atoms with Crippen molar-refractivity contribution in [2.75, 3.05) is 26.8 Å². The summed E-state index contributed by atoms with van der Waals surface area (Å²) >= 11 is 0. The molecule has 1 aliphatic heterocycles. The molecule has 3 heterocycles. The Morgan fingerprint density at radius 3 is 3.13 bits per heavy atom. The van der Waals surface area contributed by atoms with Gasteiger partial charge in [-0.05, 0) is 43.4 Å². The molecule has 1 atom stereocenters. The molecule has 0 radical (unpaired) electrons. The zero-order valence-corrected chi connectivity index (χ0v) is 13.6. The molecule has 1 saturated heterocycles. The molecule has 0 bridgehead atoms. The molecule has 2 aromatic heterocycles. The van der Waals surface area contributed by atoms with E-state index in [9.17, 15) is 4.79 Å². The fraction of sp³-hybridized carbons (Fsp3) is 0.471. The molecule has 0 aromatic carbocycles. The number of methoxy groups -OCH3 is 1. The van der Waals surface area contributed by atoms with E-state index in [4.69, 9.17) is 4.74 Å². The van der Waals surface area contributed by atoms with Crippen molar-refractivity contribution in [3.8, 4) is 11.4 Å². The highest BCUT2D eigenvalue weighted by molar-refractivity contribution is 5.77. The average Bonchev–Trinajstić information content (AvgIpc) is 3.17. The van der Waals surface area contributed by atoms with Crippen LogP contribution in [0, 0.1) is 12.8 Å². The maximum absolute atomic E-state index is 11.9. The van der Waals surface area contributed by atoms with Crippen molar-refractivity contribution < 1.29 is 9.53 Å². The number of ether oxygens (including phenoxy) is 1. The number of aromatic amines is 1. The number of rotatable bonds is 5. The second-order valence-electron chi connectivity index (χ2n) is 6.08. The topological polar surface area (TPSA) is 71.1 Å². The van der Waals surface area contributed by atoms with Crippen LogP contribution in [0.5, 0.6) is 0 Å². The van der Waals surface area contributed by atoms with Crippen molar-refractivity contribution in [2.45, 2.75) is 19.8 Å². The van der Waals surface area contributed by atoms with E-state index in [-0.39, 0.29) is 12.5 Å². The molecule has 1 aliphatic rings. The second kappa shape index (κ2) is 6.91. The van der Waals surface area contributed by atoms with Gasteiger partial charge in [0.15, 0.2) is 0 Å². The van der Waals surface area contributed by atoms with Crippen LogP contribution in [0.2, 0.25) is 0 Å². The zero-order chi connectivity index (χ0) is 16.2. The summed E-state index contributed by atoms with van der Waals surface area (Å²) in [5, 5.41) is 7.29. The Hall–Kier alpha value is -2.21. The van der Waals surface area contributed by atoms with Gasteiger partial charge in [-0.25, -0.2) is 0 Å². The lowest BCUT2D eigenvalue weighted by Crippen LogP contribution is -2.31. The predicted molar refractivity (Wildman–Crippen MR) is 86.8 cm³/mol. The lowest BCUT2D eigenvalue weighted by Gasteiger charge is -2.16. The van der Waals surface area contributed by atoms with E-state index < -0.39 is 0 Å². The Morgan fingerprint density at radius 2 is 2.39 bits per heavy atom. The van der Waals surface area contributed by atoms with E-state index in [0.29, 0.717) is 5.92 Å². The Balaban J connectivity index is 1.71. The minimum atomic E-state index is 0.0735. The molecule has 1 amide bonds. The van der Waals surface area contributed by atoms with Gasteiger partial charge in [-0.3, -0.25) is 14.9 Å². The van der Waals surface area contributed by atoms with Crippen LogP contribution < -0.4 is 0 Å². The number of nitrogens with one attached hydrogen (secondary N) is 1. The fourth-order valence-electron chi connectivity index (χ4n) is 3.12. The average molecular weight is 314 g/mol. The lowest BCUT2D eigenvalue weighted by atomic mass is 9.96.